The van der Waals surface area contributed by atoms with E-state index in [4.69, 9.17) is 0 Å². The van der Waals surface area contributed by atoms with Gasteiger partial charge in [0.25, 0.3) is 11.8 Å². The van der Waals surface area contributed by atoms with Crippen LogP contribution in [0.2, 0.25) is 0 Å². The maximum Gasteiger partial charge on any atom is 0.279 e. The third-order valence-corrected chi connectivity index (χ3v) is 6.23. The highest BCUT2D eigenvalue weighted by molar-refractivity contribution is 7.26. The number of carbonyl (C=O) groups is 2. The number of para-hydroxylation sites is 1. The van der Waals surface area contributed by atoms with Gasteiger partial charge in [-0.25, -0.2) is 4.98 Å². The molecule has 0 bridgehead atoms. The van der Waals surface area contributed by atoms with Crippen LogP contribution in [0.5, 0.6) is 0 Å². The average Bonchev–Trinajstić information content (AvgIpc) is 3.33. The quantitative estimate of drug-likeness (QED) is 0.507. The molecule has 7 heteroatoms. The zero-order valence-corrected chi connectivity index (χ0v) is 16.0. The van der Waals surface area contributed by atoms with Gasteiger partial charge in [-0.15, -0.1) is 22.7 Å². The van der Waals surface area contributed by atoms with Gasteiger partial charge >= 0.3 is 0 Å². The Hall–Kier alpha value is -3.03. The number of thiophene rings is 1. The van der Waals surface area contributed by atoms with E-state index >= 15 is 0 Å². The molecule has 4 aromatic rings. The molecule has 2 amide bonds. The van der Waals surface area contributed by atoms with Gasteiger partial charge in [0.05, 0.1) is 20.0 Å². The fraction of sp³-hybridized carbons (Fsp3) is 0.0500. The molecule has 0 unspecified atom stereocenters. The van der Waals surface area contributed by atoms with E-state index in [-0.39, 0.29) is 11.8 Å². The minimum atomic E-state index is -0.355. The Balaban J connectivity index is 1.44. The summed E-state index contributed by atoms with van der Waals surface area (Å²) in [5, 5.41) is 0.879. The summed E-state index contributed by atoms with van der Waals surface area (Å²) in [6.07, 6.45) is 0. The molecule has 134 valence electrons. The smallest absolute Gasteiger partial charge is 0.267 e. The van der Waals surface area contributed by atoms with Crippen LogP contribution in [0.3, 0.4) is 0 Å². The Morgan fingerprint density at radius 1 is 0.852 bits per heavy atom. The maximum atomic E-state index is 12.3. The number of hydrogen-bond donors (Lipinski definition) is 2. The van der Waals surface area contributed by atoms with Crippen molar-refractivity contribution in [3.05, 3.63) is 76.7 Å². The lowest BCUT2D eigenvalue weighted by atomic mass is 10.1. The maximum absolute atomic E-state index is 12.3. The van der Waals surface area contributed by atoms with Gasteiger partial charge in [0.1, 0.15) is 5.01 Å². The van der Waals surface area contributed by atoms with E-state index in [9.17, 15) is 9.59 Å². The summed E-state index contributed by atoms with van der Waals surface area (Å²) in [4.78, 5) is 30.4. The van der Waals surface area contributed by atoms with E-state index in [1.165, 1.54) is 11.3 Å². The van der Waals surface area contributed by atoms with Crippen LogP contribution in [0, 0.1) is 6.92 Å². The van der Waals surface area contributed by atoms with Crippen LogP contribution in [0.25, 0.3) is 20.1 Å². The highest BCUT2D eigenvalue weighted by Crippen LogP contribution is 2.34. The second-order valence-electron chi connectivity index (χ2n) is 5.92. The monoisotopic (exact) mass is 393 g/mol. The van der Waals surface area contributed by atoms with Crippen LogP contribution in [-0.2, 0) is 0 Å². The number of hydrogen-bond acceptors (Lipinski definition) is 5. The summed E-state index contributed by atoms with van der Waals surface area (Å²) in [5.74, 6) is -0.709. The summed E-state index contributed by atoms with van der Waals surface area (Å²) < 4.78 is 1.11. The molecule has 0 saturated carbocycles. The SMILES string of the molecule is Cc1ccc(C(=O)NNC(=O)c2ccc(-c3nc4ccccc4s3)s2)cc1. The number of fused-ring (bicyclic) bond motifs is 1. The topological polar surface area (TPSA) is 71.1 Å². The predicted molar refractivity (Wildman–Crippen MR) is 109 cm³/mol. The van der Waals surface area contributed by atoms with Crippen molar-refractivity contribution >= 4 is 44.7 Å². The molecule has 2 aromatic heterocycles. The molecule has 0 spiro atoms. The molecule has 2 heterocycles. The second kappa shape index (κ2) is 7.30. The third kappa shape index (κ3) is 3.74. The van der Waals surface area contributed by atoms with E-state index in [1.807, 2.05) is 49.4 Å². The number of rotatable bonds is 3. The van der Waals surface area contributed by atoms with Gasteiger partial charge in [0.15, 0.2) is 0 Å². The fourth-order valence-electron chi connectivity index (χ4n) is 2.50. The molecule has 0 aliphatic heterocycles. The van der Waals surface area contributed by atoms with Crippen LogP contribution in [-0.4, -0.2) is 16.8 Å². The lowest BCUT2D eigenvalue weighted by Crippen LogP contribution is -2.41. The first-order chi connectivity index (χ1) is 13.1. The van der Waals surface area contributed by atoms with Crippen molar-refractivity contribution in [3.63, 3.8) is 0 Å². The van der Waals surface area contributed by atoms with Gasteiger partial charge < -0.3 is 0 Å². The van der Waals surface area contributed by atoms with E-state index < -0.39 is 0 Å². The van der Waals surface area contributed by atoms with E-state index in [0.717, 1.165) is 25.7 Å². The van der Waals surface area contributed by atoms with Crippen molar-refractivity contribution in [2.24, 2.45) is 0 Å². The number of benzene rings is 2. The Morgan fingerprint density at radius 2 is 1.59 bits per heavy atom. The van der Waals surface area contributed by atoms with Gasteiger partial charge in [-0.2, -0.15) is 0 Å². The zero-order chi connectivity index (χ0) is 18.8. The number of aromatic nitrogens is 1. The molecule has 0 atom stereocenters. The van der Waals surface area contributed by atoms with E-state index in [2.05, 4.69) is 15.8 Å². The number of amides is 2. The first kappa shape index (κ1) is 17.4. The van der Waals surface area contributed by atoms with Crippen molar-refractivity contribution in [2.45, 2.75) is 6.92 Å². The summed E-state index contributed by atoms with van der Waals surface area (Å²) in [6.45, 7) is 1.95. The number of aryl methyl sites for hydroxylation is 1. The van der Waals surface area contributed by atoms with Gasteiger partial charge in [-0.3, -0.25) is 20.4 Å². The molecule has 0 aliphatic carbocycles. The Morgan fingerprint density at radius 3 is 2.37 bits per heavy atom. The van der Waals surface area contributed by atoms with Crippen LogP contribution in [0.1, 0.15) is 25.6 Å². The van der Waals surface area contributed by atoms with Crippen molar-refractivity contribution < 1.29 is 9.59 Å². The minimum Gasteiger partial charge on any atom is -0.267 e. The standard InChI is InChI=1S/C20H15N3O2S2/c1-12-6-8-13(9-7-12)18(24)22-23-19(25)16-10-11-17(26-16)20-21-14-4-2-3-5-15(14)27-20/h2-11H,1H3,(H,22,24)(H,23,25). The van der Waals surface area contributed by atoms with E-state index in [0.29, 0.717) is 10.4 Å². The van der Waals surface area contributed by atoms with Gasteiger partial charge in [-0.05, 0) is 43.3 Å². The first-order valence-corrected chi connectivity index (χ1v) is 9.86. The first-order valence-electron chi connectivity index (χ1n) is 8.23. The molecule has 27 heavy (non-hydrogen) atoms. The molecule has 0 fully saturated rings. The number of carbonyl (C=O) groups excluding carboxylic acids is 2. The van der Waals surface area contributed by atoms with Crippen LogP contribution in [0.4, 0.5) is 0 Å². The predicted octanol–water partition coefficient (Wildman–Crippen LogP) is 4.41. The zero-order valence-electron chi connectivity index (χ0n) is 14.4. The molecule has 2 aromatic carbocycles. The largest absolute Gasteiger partial charge is 0.279 e. The summed E-state index contributed by atoms with van der Waals surface area (Å²) in [6, 6.07) is 18.7. The van der Waals surface area contributed by atoms with Crippen molar-refractivity contribution in [3.8, 4) is 9.88 Å². The lowest BCUT2D eigenvalue weighted by Gasteiger charge is -2.06. The molecular weight excluding hydrogens is 378 g/mol. The number of nitrogens with zero attached hydrogens (tertiary/aromatic N) is 1. The highest BCUT2D eigenvalue weighted by Gasteiger charge is 2.14. The molecular formula is C20H15N3O2S2. The third-order valence-electron chi connectivity index (χ3n) is 3.94. The molecule has 2 N–H and O–H groups in total. The van der Waals surface area contributed by atoms with Gasteiger partial charge in [-0.1, -0.05) is 29.8 Å². The molecule has 4 rings (SSSR count). The van der Waals surface area contributed by atoms with Crippen LogP contribution < -0.4 is 10.9 Å². The molecule has 0 radical (unpaired) electrons. The highest BCUT2D eigenvalue weighted by atomic mass is 32.1. The average molecular weight is 393 g/mol. The molecule has 5 nitrogen and oxygen atoms in total. The number of thiazole rings is 1. The van der Waals surface area contributed by atoms with Crippen molar-refractivity contribution in [1.82, 2.24) is 15.8 Å². The van der Waals surface area contributed by atoms with Crippen molar-refractivity contribution in [1.29, 1.82) is 0 Å². The van der Waals surface area contributed by atoms with Gasteiger partial charge in [0.2, 0.25) is 0 Å². The van der Waals surface area contributed by atoms with E-state index in [1.54, 1.807) is 29.5 Å². The minimum absolute atomic E-state index is 0.354. The van der Waals surface area contributed by atoms with Crippen LogP contribution in [0.15, 0.2) is 60.7 Å². The summed E-state index contributed by atoms with van der Waals surface area (Å²) in [7, 11) is 0. The molecule has 0 aliphatic rings. The Bertz CT molecular complexity index is 1100. The lowest BCUT2D eigenvalue weighted by molar-refractivity contribution is 0.0849. The second-order valence-corrected chi connectivity index (χ2v) is 8.04. The summed E-state index contributed by atoms with van der Waals surface area (Å²) >= 11 is 2.93. The van der Waals surface area contributed by atoms with Crippen LogP contribution >= 0.6 is 22.7 Å². The number of hydrazine groups is 1. The summed E-state index contributed by atoms with van der Waals surface area (Å²) in [5.41, 5.74) is 7.40. The molecule has 0 saturated heterocycles. The van der Waals surface area contributed by atoms with Gasteiger partial charge in [0, 0.05) is 5.56 Å². The normalized spacial score (nSPS) is 10.7. The Labute approximate surface area is 163 Å². The Kier molecular flexibility index (Phi) is 4.70. The number of nitrogens with one attached hydrogen (secondary N) is 2. The fourth-order valence-corrected chi connectivity index (χ4v) is 4.43. The van der Waals surface area contributed by atoms with Crippen molar-refractivity contribution in [2.75, 3.05) is 0 Å².